The van der Waals surface area contributed by atoms with Gasteiger partial charge in [0.15, 0.2) is 0 Å². The summed E-state index contributed by atoms with van der Waals surface area (Å²) >= 11 is 0. The van der Waals surface area contributed by atoms with Crippen LogP contribution in [-0.4, -0.2) is 5.60 Å². The first-order chi connectivity index (χ1) is 13.6. The standard InChI is InChI=1S/C23H27O4P/c24-28(26-22-9-5-2-6-10-22,25-17-18-7-3-1-4-8-18)27-23-14-19-11-20(15-23)13-21(12-19)16-23/h1-10,19-21H,11-17H2. The van der Waals surface area contributed by atoms with E-state index in [0.717, 1.165) is 24.8 Å². The van der Waals surface area contributed by atoms with Gasteiger partial charge in [-0.15, -0.1) is 0 Å². The molecular formula is C23H27O4P. The van der Waals surface area contributed by atoms with E-state index in [2.05, 4.69) is 0 Å². The summed E-state index contributed by atoms with van der Waals surface area (Å²) in [6, 6.07) is 19.0. The van der Waals surface area contributed by atoms with E-state index in [9.17, 15) is 4.57 Å². The molecule has 0 amide bonds. The van der Waals surface area contributed by atoms with Crippen LogP contribution in [0.2, 0.25) is 0 Å². The molecule has 5 heteroatoms. The zero-order valence-corrected chi connectivity index (χ0v) is 16.9. The van der Waals surface area contributed by atoms with E-state index in [0.29, 0.717) is 23.5 Å². The van der Waals surface area contributed by atoms with Crippen molar-refractivity contribution in [2.75, 3.05) is 0 Å². The summed E-state index contributed by atoms with van der Waals surface area (Å²) in [5, 5.41) is 0. The molecule has 4 aliphatic rings. The maximum atomic E-state index is 13.8. The van der Waals surface area contributed by atoms with Crippen LogP contribution in [0.1, 0.15) is 44.1 Å². The Balaban J connectivity index is 1.38. The molecule has 148 valence electrons. The molecule has 28 heavy (non-hydrogen) atoms. The maximum Gasteiger partial charge on any atom is 0.530 e. The van der Waals surface area contributed by atoms with Gasteiger partial charge in [0.1, 0.15) is 5.75 Å². The van der Waals surface area contributed by atoms with E-state index < -0.39 is 7.82 Å². The monoisotopic (exact) mass is 398 g/mol. The Labute approximate surface area is 166 Å². The highest BCUT2D eigenvalue weighted by Gasteiger charge is 2.55. The lowest BCUT2D eigenvalue weighted by Crippen LogP contribution is -2.51. The highest BCUT2D eigenvalue weighted by atomic mass is 31.2. The summed E-state index contributed by atoms with van der Waals surface area (Å²) in [7, 11) is -3.76. The maximum absolute atomic E-state index is 13.8. The number of rotatable bonds is 7. The van der Waals surface area contributed by atoms with Gasteiger partial charge in [0.25, 0.3) is 0 Å². The molecule has 4 bridgehead atoms. The third-order valence-electron chi connectivity index (χ3n) is 6.48. The summed E-state index contributed by atoms with van der Waals surface area (Å²) in [6.45, 7) is 0.206. The fourth-order valence-electron chi connectivity index (χ4n) is 5.79. The van der Waals surface area contributed by atoms with Gasteiger partial charge >= 0.3 is 7.82 Å². The Morgan fingerprint density at radius 1 is 0.821 bits per heavy atom. The van der Waals surface area contributed by atoms with E-state index in [4.69, 9.17) is 13.6 Å². The van der Waals surface area contributed by atoms with E-state index in [1.807, 2.05) is 48.5 Å². The minimum Gasteiger partial charge on any atom is -0.404 e. The Morgan fingerprint density at radius 2 is 1.36 bits per heavy atom. The number of phosphoric acid groups is 1. The number of hydrogen-bond donors (Lipinski definition) is 0. The smallest absolute Gasteiger partial charge is 0.404 e. The van der Waals surface area contributed by atoms with Gasteiger partial charge in [0, 0.05) is 0 Å². The summed E-state index contributed by atoms with van der Waals surface area (Å²) in [5.74, 6) is 2.62. The van der Waals surface area contributed by atoms with Gasteiger partial charge in [0.05, 0.1) is 12.2 Å². The summed E-state index contributed by atoms with van der Waals surface area (Å²) < 4.78 is 31.9. The van der Waals surface area contributed by atoms with Crippen molar-refractivity contribution >= 4 is 7.82 Å². The molecule has 0 heterocycles. The molecule has 4 fully saturated rings. The molecular weight excluding hydrogens is 371 g/mol. The lowest BCUT2D eigenvalue weighted by molar-refractivity contribution is -0.119. The summed E-state index contributed by atoms with van der Waals surface area (Å²) in [4.78, 5) is 0. The quantitative estimate of drug-likeness (QED) is 0.508. The van der Waals surface area contributed by atoms with Gasteiger partial charge in [0.2, 0.25) is 0 Å². The third kappa shape index (κ3) is 3.91. The zero-order valence-electron chi connectivity index (χ0n) is 16.0. The van der Waals surface area contributed by atoms with Crippen LogP contribution >= 0.6 is 7.82 Å². The highest BCUT2D eigenvalue weighted by Crippen LogP contribution is 2.63. The fourth-order valence-corrected chi connectivity index (χ4v) is 7.32. The first kappa shape index (κ1) is 18.4. The minimum atomic E-state index is -3.76. The van der Waals surface area contributed by atoms with Gasteiger partial charge in [-0.2, -0.15) is 0 Å². The van der Waals surface area contributed by atoms with Crippen molar-refractivity contribution in [2.45, 2.75) is 50.7 Å². The lowest BCUT2D eigenvalue weighted by atomic mass is 9.54. The largest absolute Gasteiger partial charge is 0.530 e. The second-order valence-electron chi connectivity index (χ2n) is 8.80. The van der Waals surface area contributed by atoms with Crippen LogP contribution < -0.4 is 4.52 Å². The van der Waals surface area contributed by atoms with Crippen LogP contribution in [-0.2, 0) is 20.2 Å². The minimum absolute atomic E-state index is 0.206. The number of para-hydroxylation sites is 1. The van der Waals surface area contributed by atoms with Crippen molar-refractivity contribution in [3.8, 4) is 5.75 Å². The van der Waals surface area contributed by atoms with Crippen molar-refractivity contribution in [3.05, 3.63) is 66.2 Å². The molecule has 0 spiro atoms. The van der Waals surface area contributed by atoms with E-state index >= 15 is 0 Å². The van der Waals surface area contributed by atoms with Crippen molar-refractivity contribution in [1.82, 2.24) is 0 Å². The Kier molecular flexibility index (Phi) is 4.82. The van der Waals surface area contributed by atoms with Crippen LogP contribution in [0, 0.1) is 17.8 Å². The topological polar surface area (TPSA) is 44.8 Å². The molecule has 2 aromatic rings. The predicted octanol–water partition coefficient (Wildman–Crippen LogP) is 6.38. The third-order valence-corrected chi connectivity index (χ3v) is 7.97. The first-order valence-corrected chi connectivity index (χ1v) is 11.8. The Bertz CT molecular complexity index is 816. The van der Waals surface area contributed by atoms with Crippen LogP contribution in [0.3, 0.4) is 0 Å². The molecule has 0 saturated heterocycles. The highest BCUT2D eigenvalue weighted by molar-refractivity contribution is 7.49. The number of hydrogen-bond acceptors (Lipinski definition) is 4. The molecule has 1 unspecified atom stereocenters. The van der Waals surface area contributed by atoms with Crippen molar-refractivity contribution in [2.24, 2.45) is 17.8 Å². The predicted molar refractivity (Wildman–Crippen MR) is 108 cm³/mol. The Hall–Kier alpha value is -1.61. The second-order valence-corrected chi connectivity index (χ2v) is 10.3. The number of benzene rings is 2. The van der Waals surface area contributed by atoms with Crippen LogP contribution in [0.25, 0.3) is 0 Å². The van der Waals surface area contributed by atoms with E-state index in [1.54, 1.807) is 12.1 Å². The average Bonchev–Trinajstić information content (AvgIpc) is 2.66. The lowest BCUT2D eigenvalue weighted by Gasteiger charge is -2.56. The first-order valence-electron chi connectivity index (χ1n) is 10.3. The van der Waals surface area contributed by atoms with Gasteiger partial charge in [-0.1, -0.05) is 48.5 Å². The summed E-state index contributed by atoms with van der Waals surface area (Å²) in [6.07, 6.45) is 6.85. The van der Waals surface area contributed by atoms with Crippen LogP contribution in [0.15, 0.2) is 60.7 Å². The normalized spacial score (nSPS) is 32.8. The molecule has 0 aromatic heterocycles. The molecule has 2 aromatic carbocycles. The SMILES string of the molecule is O=P(OCc1ccccc1)(Oc1ccccc1)OC12CC3CC(CC(C3)C1)C2. The van der Waals surface area contributed by atoms with Gasteiger partial charge in [-0.3, -0.25) is 9.05 Å². The molecule has 0 aliphatic heterocycles. The molecule has 4 saturated carbocycles. The molecule has 0 N–H and O–H groups in total. The van der Waals surface area contributed by atoms with E-state index in [-0.39, 0.29) is 12.2 Å². The average molecular weight is 398 g/mol. The molecule has 1 atom stereocenters. The molecule has 4 aliphatic carbocycles. The van der Waals surface area contributed by atoms with Crippen molar-refractivity contribution in [3.63, 3.8) is 0 Å². The van der Waals surface area contributed by atoms with Crippen LogP contribution in [0.4, 0.5) is 0 Å². The van der Waals surface area contributed by atoms with Crippen LogP contribution in [0.5, 0.6) is 5.75 Å². The zero-order chi connectivity index (χ0) is 19.0. The second kappa shape index (κ2) is 7.33. The molecule has 0 radical (unpaired) electrons. The fraction of sp³-hybridized carbons (Fsp3) is 0.478. The molecule has 4 nitrogen and oxygen atoms in total. The Morgan fingerprint density at radius 3 is 1.93 bits per heavy atom. The van der Waals surface area contributed by atoms with E-state index in [1.165, 1.54) is 19.3 Å². The molecule has 6 rings (SSSR count). The van der Waals surface area contributed by atoms with Gasteiger partial charge in [-0.05, 0) is 74.0 Å². The van der Waals surface area contributed by atoms with Crippen molar-refractivity contribution in [1.29, 1.82) is 0 Å². The van der Waals surface area contributed by atoms with Crippen molar-refractivity contribution < 1.29 is 18.1 Å². The number of phosphoric ester groups is 1. The van der Waals surface area contributed by atoms with Gasteiger partial charge < -0.3 is 4.52 Å². The summed E-state index contributed by atoms with van der Waals surface area (Å²) in [5.41, 5.74) is 0.601. The van der Waals surface area contributed by atoms with Gasteiger partial charge in [-0.25, -0.2) is 4.57 Å².